The zero-order valence-corrected chi connectivity index (χ0v) is 14.4. The summed E-state index contributed by atoms with van der Waals surface area (Å²) >= 11 is 0. The fraction of sp³-hybridized carbons (Fsp3) is 0.333. The maximum Gasteiger partial charge on any atom is 0.250 e. The van der Waals surface area contributed by atoms with Crippen molar-refractivity contribution in [3.63, 3.8) is 0 Å². The van der Waals surface area contributed by atoms with Crippen molar-refractivity contribution in [2.24, 2.45) is 0 Å². The molecule has 0 N–H and O–H groups in total. The molecule has 21 heavy (non-hydrogen) atoms. The average molecular weight is 299 g/mol. The lowest BCUT2D eigenvalue weighted by Crippen LogP contribution is -2.43. The van der Waals surface area contributed by atoms with E-state index in [1.807, 2.05) is 48.5 Å². The van der Waals surface area contributed by atoms with Crippen molar-refractivity contribution in [1.82, 2.24) is 0 Å². The van der Waals surface area contributed by atoms with Crippen LogP contribution in [0.1, 0.15) is 20.8 Å². The van der Waals surface area contributed by atoms with E-state index in [0.29, 0.717) is 0 Å². The molecule has 2 aromatic carbocycles. The Hall–Kier alpha value is -1.74. The Labute approximate surface area is 128 Å². The normalized spacial score (nSPS) is 12.0. The third-order valence-corrected chi connectivity index (χ3v) is 8.25. The van der Waals surface area contributed by atoms with Crippen LogP contribution in [0.4, 0.5) is 0 Å². The Morgan fingerprint density at radius 1 is 0.905 bits per heavy atom. The smallest absolute Gasteiger partial charge is 0.250 e. The lowest BCUT2D eigenvalue weighted by atomic mass is 10.2. The Morgan fingerprint density at radius 2 is 1.57 bits per heavy atom. The molecule has 0 bridgehead atoms. The standard InChI is InChI=1S/C18H23O2Si/c1-18(2,3)21(4,5)20-17-13-11-16(12-14-17)19-15-9-7-6-8-10-15/h6-13H,1-5H3. The van der Waals surface area contributed by atoms with Crippen LogP contribution in [-0.2, 0) is 0 Å². The fourth-order valence-electron chi connectivity index (χ4n) is 1.58. The second-order valence-corrected chi connectivity index (χ2v) is 11.4. The lowest BCUT2D eigenvalue weighted by molar-refractivity contribution is 0.474. The lowest BCUT2D eigenvalue weighted by Gasteiger charge is -2.36. The molecule has 0 aliphatic carbocycles. The highest BCUT2D eigenvalue weighted by Crippen LogP contribution is 2.37. The van der Waals surface area contributed by atoms with Gasteiger partial charge in [0.15, 0.2) is 0 Å². The van der Waals surface area contributed by atoms with E-state index < -0.39 is 8.32 Å². The molecule has 2 aromatic rings. The van der Waals surface area contributed by atoms with Crippen molar-refractivity contribution in [3.8, 4) is 17.2 Å². The molecule has 2 rings (SSSR count). The number of ether oxygens (including phenoxy) is 1. The van der Waals surface area contributed by atoms with Gasteiger partial charge in [0.05, 0.1) is 0 Å². The van der Waals surface area contributed by atoms with Gasteiger partial charge in [-0.1, -0.05) is 39.0 Å². The van der Waals surface area contributed by atoms with Gasteiger partial charge in [0, 0.05) is 6.07 Å². The minimum Gasteiger partial charge on any atom is -0.543 e. The first-order chi connectivity index (χ1) is 9.78. The molecular formula is C18H23O2Si. The molecule has 0 saturated heterocycles. The van der Waals surface area contributed by atoms with E-state index in [1.165, 1.54) is 0 Å². The van der Waals surface area contributed by atoms with Crippen LogP contribution < -0.4 is 9.16 Å². The number of rotatable bonds is 4. The van der Waals surface area contributed by atoms with Gasteiger partial charge in [-0.15, -0.1) is 0 Å². The first-order valence-electron chi connectivity index (χ1n) is 7.22. The van der Waals surface area contributed by atoms with Crippen molar-refractivity contribution in [2.45, 2.75) is 38.9 Å². The molecule has 0 spiro atoms. The molecule has 0 aliphatic heterocycles. The van der Waals surface area contributed by atoms with Gasteiger partial charge in [-0.2, -0.15) is 0 Å². The van der Waals surface area contributed by atoms with E-state index in [0.717, 1.165) is 17.2 Å². The Kier molecular flexibility index (Phi) is 4.42. The maximum absolute atomic E-state index is 6.20. The highest BCUT2D eigenvalue weighted by atomic mass is 28.4. The number of hydrogen-bond acceptors (Lipinski definition) is 2. The Morgan fingerprint density at radius 3 is 2.10 bits per heavy atom. The van der Waals surface area contributed by atoms with Crippen molar-refractivity contribution in [1.29, 1.82) is 0 Å². The summed E-state index contributed by atoms with van der Waals surface area (Å²) in [7, 11) is -1.81. The van der Waals surface area contributed by atoms with Crippen LogP contribution in [0, 0.1) is 6.07 Å². The van der Waals surface area contributed by atoms with Crippen molar-refractivity contribution in [3.05, 3.63) is 54.6 Å². The quantitative estimate of drug-likeness (QED) is 0.678. The van der Waals surface area contributed by atoms with E-state index >= 15 is 0 Å². The topological polar surface area (TPSA) is 18.5 Å². The predicted octanol–water partition coefficient (Wildman–Crippen LogP) is 5.66. The van der Waals surface area contributed by atoms with Gasteiger partial charge in [0.25, 0.3) is 8.32 Å². The SMILES string of the molecule is CC(C)(C)[Si](C)(C)Oc1[c]cc(Oc2ccccc2)cc1. The van der Waals surface area contributed by atoms with E-state index in [9.17, 15) is 0 Å². The second-order valence-electron chi connectivity index (χ2n) is 6.67. The predicted molar refractivity (Wildman–Crippen MR) is 89.6 cm³/mol. The van der Waals surface area contributed by atoms with Crippen LogP contribution in [0.3, 0.4) is 0 Å². The number of hydrogen-bond donors (Lipinski definition) is 0. The van der Waals surface area contributed by atoms with Crippen molar-refractivity contribution < 1.29 is 9.16 Å². The Balaban J connectivity index is 2.06. The van der Waals surface area contributed by atoms with Gasteiger partial charge in [-0.25, -0.2) is 0 Å². The summed E-state index contributed by atoms with van der Waals surface area (Å²) in [4.78, 5) is 0. The molecule has 0 amide bonds. The molecular weight excluding hydrogens is 276 g/mol. The largest absolute Gasteiger partial charge is 0.543 e. The minimum absolute atomic E-state index is 0.181. The molecule has 0 unspecified atom stereocenters. The number of benzene rings is 2. The molecule has 111 valence electrons. The molecule has 2 nitrogen and oxygen atoms in total. The summed E-state index contributed by atoms with van der Waals surface area (Å²) in [6.07, 6.45) is 0. The van der Waals surface area contributed by atoms with Crippen molar-refractivity contribution >= 4 is 8.32 Å². The molecule has 0 heterocycles. The van der Waals surface area contributed by atoms with Crippen LogP contribution in [0.25, 0.3) is 0 Å². The molecule has 0 saturated carbocycles. The summed E-state index contributed by atoms with van der Waals surface area (Å²) < 4.78 is 12.0. The highest BCUT2D eigenvalue weighted by molar-refractivity contribution is 6.74. The molecule has 3 heteroatoms. The molecule has 1 radical (unpaired) electrons. The van der Waals surface area contributed by atoms with Gasteiger partial charge in [-0.05, 0) is 48.5 Å². The molecule has 0 aliphatic rings. The van der Waals surface area contributed by atoms with E-state index in [2.05, 4.69) is 39.9 Å². The third-order valence-electron chi connectivity index (χ3n) is 3.91. The summed E-state index contributed by atoms with van der Waals surface area (Å²) in [6.45, 7) is 11.1. The maximum atomic E-state index is 6.20. The van der Waals surface area contributed by atoms with Crippen LogP contribution >= 0.6 is 0 Å². The van der Waals surface area contributed by atoms with Crippen LogP contribution in [0.15, 0.2) is 48.5 Å². The van der Waals surface area contributed by atoms with Gasteiger partial charge in [-0.3, -0.25) is 0 Å². The first-order valence-corrected chi connectivity index (χ1v) is 10.1. The zero-order chi connectivity index (χ0) is 15.5. The van der Waals surface area contributed by atoms with E-state index in [-0.39, 0.29) is 5.04 Å². The summed E-state index contributed by atoms with van der Waals surface area (Å²) in [5.74, 6) is 2.38. The average Bonchev–Trinajstić information content (AvgIpc) is 2.41. The molecule has 0 atom stereocenters. The van der Waals surface area contributed by atoms with Gasteiger partial charge < -0.3 is 9.16 Å². The zero-order valence-electron chi connectivity index (χ0n) is 13.4. The highest BCUT2D eigenvalue weighted by Gasteiger charge is 2.38. The summed E-state index contributed by atoms with van der Waals surface area (Å²) in [5, 5.41) is 0.181. The van der Waals surface area contributed by atoms with Gasteiger partial charge in [0.2, 0.25) is 0 Å². The van der Waals surface area contributed by atoms with Crippen LogP contribution in [0.2, 0.25) is 18.1 Å². The number of para-hydroxylation sites is 1. The fourth-order valence-corrected chi connectivity index (χ4v) is 2.56. The van der Waals surface area contributed by atoms with E-state index in [4.69, 9.17) is 9.16 Å². The summed E-state index contributed by atoms with van der Waals surface area (Å²) in [5.41, 5.74) is 0. The Bertz CT molecular complexity index is 568. The van der Waals surface area contributed by atoms with Crippen LogP contribution in [-0.4, -0.2) is 8.32 Å². The van der Waals surface area contributed by atoms with E-state index in [1.54, 1.807) is 0 Å². The third kappa shape index (κ3) is 4.11. The molecule has 0 fully saturated rings. The van der Waals surface area contributed by atoms with Gasteiger partial charge in [0.1, 0.15) is 17.2 Å². The van der Waals surface area contributed by atoms with Gasteiger partial charge >= 0.3 is 0 Å². The monoisotopic (exact) mass is 299 g/mol. The molecule has 0 aromatic heterocycles. The minimum atomic E-state index is -1.81. The first kappa shape index (κ1) is 15.6. The summed E-state index contributed by atoms with van der Waals surface area (Å²) in [6, 6.07) is 18.6. The second kappa shape index (κ2) is 5.94. The van der Waals surface area contributed by atoms with Crippen LogP contribution in [0.5, 0.6) is 17.2 Å². The van der Waals surface area contributed by atoms with Crippen molar-refractivity contribution in [2.75, 3.05) is 0 Å².